The maximum atomic E-state index is 12.1. The summed E-state index contributed by atoms with van der Waals surface area (Å²) in [6.07, 6.45) is 0. The second-order valence-electron chi connectivity index (χ2n) is 4.45. The van der Waals surface area contributed by atoms with Gasteiger partial charge in [0, 0.05) is 10.5 Å². The molecule has 0 N–H and O–H groups in total. The Hall–Kier alpha value is -1.87. The van der Waals surface area contributed by atoms with Gasteiger partial charge in [0.25, 0.3) is 5.56 Å². The predicted molar refractivity (Wildman–Crippen MR) is 81.5 cm³/mol. The van der Waals surface area contributed by atoms with Crippen molar-refractivity contribution in [3.05, 3.63) is 81.1 Å². The summed E-state index contributed by atoms with van der Waals surface area (Å²) < 4.78 is 2.82. The number of aromatic nitrogens is 1. The van der Waals surface area contributed by atoms with Gasteiger partial charge in [-0.25, -0.2) is 0 Å². The summed E-state index contributed by atoms with van der Waals surface area (Å²) in [4.78, 5) is 12.1. The number of hydrogen-bond donors (Lipinski definition) is 0. The maximum absolute atomic E-state index is 12.1. The van der Waals surface area contributed by atoms with Crippen LogP contribution in [0.1, 0.15) is 5.56 Å². The van der Waals surface area contributed by atoms with Crippen molar-refractivity contribution in [2.75, 3.05) is 0 Å². The van der Waals surface area contributed by atoms with Gasteiger partial charge < -0.3 is 4.57 Å². The van der Waals surface area contributed by atoms with Crippen molar-refractivity contribution in [2.45, 2.75) is 6.54 Å². The van der Waals surface area contributed by atoms with Crippen molar-refractivity contribution in [3.8, 4) is 0 Å². The first-order chi connectivity index (χ1) is 9.24. The minimum atomic E-state index is 0.0266. The van der Waals surface area contributed by atoms with E-state index >= 15 is 0 Å². The van der Waals surface area contributed by atoms with Gasteiger partial charge in [0.1, 0.15) is 0 Å². The molecule has 0 unspecified atom stereocenters. The molecule has 0 amide bonds. The Balaban J connectivity index is 2.17. The fourth-order valence-electron chi connectivity index (χ4n) is 2.20. The first-order valence-corrected chi connectivity index (χ1v) is 6.86. The highest BCUT2D eigenvalue weighted by molar-refractivity contribution is 9.10. The van der Waals surface area contributed by atoms with E-state index < -0.39 is 0 Å². The Morgan fingerprint density at radius 2 is 1.74 bits per heavy atom. The third-order valence-electron chi connectivity index (χ3n) is 3.14. The van der Waals surface area contributed by atoms with Gasteiger partial charge in [0.2, 0.25) is 0 Å². The van der Waals surface area contributed by atoms with Crippen LogP contribution in [0.15, 0.2) is 69.9 Å². The predicted octanol–water partition coefficient (Wildman–Crippen LogP) is 3.81. The Bertz CT molecular complexity index is 778. The molecule has 0 spiro atoms. The van der Waals surface area contributed by atoms with Crippen LogP contribution >= 0.6 is 15.9 Å². The lowest BCUT2D eigenvalue weighted by Crippen LogP contribution is -2.19. The summed E-state index contributed by atoms with van der Waals surface area (Å²) in [6.45, 7) is 0.596. The van der Waals surface area contributed by atoms with Gasteiger partial charge >= 0.3 is 0 Å². The number of nitrogens with zero attached hydrogens (tertiary/aromatic N) is 1. The smallest absolute Gasteiger partial charge is 0.251 e. The lowest BCUT2D eigenvalue weighted by atomic mass is 10.2. The molecule has 1 heterocycles. The molecule has 0 saturated carbocycles. The molecule has 0 aliphatic carbocycles. The van der Waals surface area contributed by atoms with E-state index in [9.17, 15) is 4.79 Å². The van der Waals surface area contributed by atoms with Gasteiger partial charge in [0.15, 0.2) is 0 Å². The topological polar surface area (TPSA) is 22.0 Å². The van der Waals surface area contributed by atoms with Crippen LogP contribution in [0, 0.1) is 0 Å². The highest BCUT2D eigenvalue weighted by Gasteiger charge is 2.04. The SMILES string of the molecule is O=c1ccc2cc(Br)ccc2n1Cc1ccccc1. The zero-order chi connectivity index (χ0) is 13.2. The van der Waals surface area contributed by atoms with E-state index in [0.717, 1.165) is 20.9 Å². The molecule has 19 heavy (non-hydrogen) atoms. The summed E-state index contributed by atoms with van der Waals surface area (Å²) in [7, 11) is 0. The number of hydrogen-bond acceptors (Lipinski definition) is 1. The van der Waals surface area contributed by atoms with E-state index in [1.54, 1.807) is 10.6 Å². The molecule has 0 aliphatic rings. The van der Waals surface area contributed by atoms with Crippen molar-refractivity contribution >= 4 is 26.8 Å². The lowest BCUT2D eigenvalue weighted by molar-refractivity contribution is 0.795. The monoisotopic (exact) mass is 313 g/mol. The van der Waals surface area contributed by atoms with Gasteiger partial charge in [-0.2, -0.15) is 0 Å². The van der Waals surface area contributed by atoms with Crippen molar-refractivity contribution < 1.29 is 0 Å². The summed E-state index contributed by atoms with van der Waals surface area (Å²) in [5.41, 5.74) is 2.11. The van der Waals surface area contributed by atoms with Crippen LogP contribution in [0.2, 0.25) is 0 Å². The van der Waals surface area contributed by atoms with Crippen molar-refractivity contribution in [3.63, 3.8) is 0 Å². The highest BCUT2D eigenvalue weighted by Crippen LogP contribution is 2.19. The molecular weight excluding hydrogens is 302 g/mol. The molecule has 94 valence electrons. The summed E-state index contributed by atoms with van der Waals surface area (Å²) >= 11 is 3.45. The van der Waals surface area contributed by atoms with E-state index in [1.165, 1.54) is 0 Å². The van der Waals surface area contributed by atoms with Crippen LogP contribution < -0.4 is 5.56 Å². The van der Waals surface area contributed by atoms with Crippen LogP contribution in [0.4, 0.5) is 0 Å². The number of rotatable bonds is 2. The second kappa shape index (κ2) is 5.02. The lowest BCUT2D eigenvalue weighted by Gasteiger charge is -2.10. The first-order valence-electron chi connectivity index (χ1n) is 6.07. The molecule has 3 heteroatoms. The van der Waals surface area contributed by atoms with Crippen molar-refractivity contribution in [1.82, 2.24) is 4.57 Å². The molecule has 0 fully saturated rings. The zero-order valence-electron chi connectivity index (χ0n) is 10.2. The molecule has 2 nitrogen and oxygen atoms in total. The molecule has 0 saturated heterocycles. The van der Waals surface area contributed by atoms with E-state index in [4.69, 9.17) is 0 Å². The van der Waals surface area contributed by atoms with Crippen molar-refractivity contribution in [1.29, 1.82) is 0 Å². The van der Waals surface area contributed by atoms with Gasteiger partial charge in [-0.05, 0) is 35.2 Å². The molecule has 3 aromatic rings. The van der Waals surface area contributed by atoms with Gasteiger partial charge in [-0.3, -0.25) is 4.79 Å². The summed E-state index contributed by atoms with van der Waals surface area (Å²) in [6, 6.07) is 19.5. The molecule has 0 aliphatic heterocycles. The van der Waals surface area contributed by atoms with Gasteiger partial charge in [-0.15, -0.1) is 0 Å². The standard InChI is InChI=1S/C16H12BrNO/c17-14-7-8-15-13(10-14)6-9-16(19)18(15)11-12-4-2-1-3-5-12/h1-10H,11H2. The molecule has 0 radical (unpaired) electrons. The Labute approximate surface area is 119 Å². The van der Waals surface area contributed by atoms with Gasteiger partial charge in [0.05, 0.1) is 12.1 Å². The zero-order valence-corrected chi connectivity index (χ0v) is 11.8. The third kappa shape index (κ3) is 2.47. The fraction of sp³-hybridized carbons (Fsp3) is 0.0625. The van der Waals surface area contributed by atoms with E-state index in [2.05, 4.69) is 15.9 Å². The molecule has 2 aromatic carbocycles. The second-order valence-corrected chi connectivity index (χ2v) is 5.36. The average molecular weight is 314 g/mol. The molecule has 0 bridgehead atoms. The number of fused-ring (bicyclic) bond motifs is 1. The minimum Gasteiger partial charge on any atom is -0.304 e. The Morgan fingerprint density at radius 3 is 2.53 bits per heavy atom. The molecule has 3 rings (SSSR count). The number of halogens is 1. The Kier molecular flexibility index (Phi) is 3.22. The van der Waals surface area contributed by atoms with E-state index in [0.29, 0.717) is 6.54 Å². The maximum Gasteiger partial charge on any atom is 0.251 e. The van der Waals surface area contributed by atoms with Crippen LogP contribution in [0.5, 0.6) is 0 Å². The van der Waals surface area contributed by atoms with E-state index in [-0.39, 0.29) is 5.56 Å². The van der Waals surface area contributed by atoms with Crippen molar-refractivity contribution in [2.24, 2.45) is 0 Å². The third-order valence-corrected chi connectivity index (χ3v) is 3.63. The molecule has 1 aromatic heterocycles. The first kappa shape index (κ1) is 12.2. The van der Waals surface area contributed by atoms with Crippen LogP contribution in [0.25, 0.3) is 10.9 Å². The van der Waals surface area contributed by atoms with Crippen LogP contribution in [-0.2, 0) is 6.54 Å². The normalized spacial score (nSPS) is 10.8. The number of benzene rings is 2. The quantitative estimate of drug-likeness (QED) is 0.705. The van der Waals surface area contributed by atoms with Gasteiger partial charge in [-0.1, -0.05) is 46.3 Å². The average Bonchev–Trinajstić information content (AvgIpc) is 2.43. The largest absolute Gasteiger partial charge is 0.304 e. The van der Waals surface area contributed by atoms with Crippen LogP contribution in [-0.4, -0.2) is 4.57 Å². The highest BCUT2D eigenvalue weighted by atomic mass is 79.9. The number of pyridine rings is 1. The van der Waals surface area contributed by atoms with E-state index in [1.807, 2.05) is 54.6 Å². The van der Waals surface area contributed by atoms with Crippen LogP contribution in [0.3, 0.4) is 0 Å². The Morgan fingerprint density at radius 1 is 0.947 bits per heavy atom. The molecular formula is C16H12BrNO. The summed E-state index contributed by atoms with van der Waals surface area (Å²) in [5.74, 6) is 0. The summed E-state index contributed by atoms with van der Waals surface area (Å²) in [5, 5.41) is 1.06. The minimum absolute atomic E-state index is 0.0266. The fourth-order valence-corrected chi connectivity index (χ4v) is 2.58. The molecule has 0 atom stereocenters.